The third-order valence-corrected chi connectivity index (χ3v) is 4.51. The summed E-state index contributed by atoms with van der Waals surface area (Å²) >= 11 is 12.4. The van der Waals surface area contributed by atoms with Crippen molar-refractivity contribution in [2.24, 2.45) is 0 Å². The number of carbonyl (C=O) groups is 2. The van der Waals surface area contributed by atoms with Crippen LogP contribution in [0, 0.1) is 0 Å². The van der Waals surface area contributed by atoms with E-state index in [4.69, 9.17) is 32.7 Å². The molecule has 1 aliphatic heterocycles. The third-order valence-electron chi connectivity index (χ3n) is 3.98. The van der Waals surface area contributed by atoms with Gasteiger partial charge in [-0.2, -0.15) is 0 Å². The van der Waals surface area contributed by atoms with Gasteiger partial charge in [0.1, 0.15) is 11.8 Å². The number of hydrogen-bond donors (Lipinski definition) is 2. The number of amides is 1. The molecule has 0 saturated carbocycles. The van der Waals surface area contributed by atoms with Crippen molar-refractivity contribution in [1.29, 1.82) is 0 Å². The lowest BCUT2D eigenvalue weighted by Gasteiger charge is -2.32. The van der Waals surface area contributed by atoms with Crippen molar-refractivity contribution in [1.82, 2.24) is 5.32 Å². The molecule has 1 aliphatic rings. The van der Waals surface area contributed by atoms with Crippen molar-refractivity contribution >= 4 is 41.0 Å². The zero-order valence-electron chi connectivity index (χ0n) is 13.8. The molecule has 0 aliphatic carbocycles. The number of para-hydroxylation sites is 1. The van der Waals surface area contributed by atoms with Crippen LogP contribution in [0.4, 0.5) is 10.5 Å². The van der Waals surface area contributed by atoms with E-state index in [9.17, 15) is 9.59 Å². The third kappa shape index (κ3) is 4.03. The van der Waals surface area contributed by atoms with E-state index in [2.05, 4.69) is 10.6 Å². The molecule has 2 unspecified atom stereocenters. The molecule has 2 aromatic carbocycles. The summed E-state index contributed by atoms with van der Waals surface area (Å²) in [5.74, 6) is -0.0409. The lowest BCUT2D eigenvalue weighted by molar-refractivity contribution is -0.141. The number of hydrogen-bond acceptors (Lipinski definition) is 5. The van der Waals surface area contributed by atoms with E-state index in [1.807, 2.05) is 6.07 Å². The maximum atomic E-state index is 12.3. The number of fused-ring (bicyclic) bond motifs is 1. The van der Waals surface area contributed by atoms with Gasteiger partial charge < -0.3 is 20.1 Å². The van der Waals surface area contributed by atoms with Crippen LogP contribution in [0.25, 0.3) is 0 Å². The average molecular weight is 395 g/mol. The number of rotatable bonds is 3. The number of anilines is 1. The van der Waals surface area contributed by atoms with E-state index in [-0.39, 0.29) is 6.42 Å². The van der Waals surface area contributed by atoms with Gasteiger partial charge in [-0.25, -0.2) is 9.59 Å². The normalized spacial score (nSPS) is 18.3. The summed E-state index contributed by atoms with van der Waals surface area (Å²) in [7, 11) is 1.30. The second-order valence-corrected chi connectivity index (χ2v) is 6.55. The Morgan fingerprint density at radius 1 is 1.19 bits per heavy atom. The van der Waals surface area contributed by atoms with E-state index in [1.54, 1.807) is 36.4 Å². The van der Waals surface area contributed by atoms with E-state index in [1.165, 1.54) is 7.11 Å². The number of methoxy groups -OCH3 is 1. The minimum absolute atomic E-state index is 0.255. The Morgan fingerprint density at radius 3 is 2.62 bits per heavy atom. The van der Waals surface area contributed by atoms with Crippen molar-refractivity contribution in [2.75, 3.05) is 12.4 Å². The van der Waals surface area contributed by atoms with Gasteiger partial charge in [-0.3, -0.25) is 0 Å². The SMILES string of the molecule is COC(=O)C1CC(NC(=O)Oc2ccccc2)c2c(Cl)cc(Cl)cc2N1. The summed E-state index contributed by atoms with van der Waals surface area (Å²) in [5, 5.41) is 6.60. The molecule has 0 fully saturated rings. The van der Waals surface area contributed by atoms with Gasteiger partial charge in [0, 0.05) is 27.7 Å². The van der Waals surface area contributed by atoms with Crippen molar-refractivity contribution in [3.8, 4) is 5.75 Å². The first-order valence-electron chi connectivity index (χ1n) is 7.84. The lowest BCUT2D eigenvalue weighted by atomic mass is 9.93. The van der Waals surface area contributed by atoms with Gasteiger partial charge in [-0.05, 0) is 24.3 Å². The first-order chi connectivity index (χ1) is 12.5. The highest BCUT2D eigenvalue weighted by Crippen LogP contribution is 2.40. The largest absolute Gasteiger partial charge is 0.467 e. The van der Waals surface area contributed by atoms with Crippen LogP contribution in [0.2, 0.25) is 10.0 Å². The topological polar surface area (TPSA) is 76.7 Å². The van der Waals surface area contributed by atoms with Crippen LogP contribution in [-0.4, -0.2) is 25.2 Å². The van der Waals surface area contributed by atoms with Crippen molar-refractivity contribution in [2.45, 2.75) is 18.5 Å². The Hall–Kier alpha value is -2.44. The fourth-order valence-corrected chi connectivity index (χ4v) is 3.48. The number of esters is 1. The number of benzene rings is 2. The first kappa shape index (κ1) is 18.4. The molecular formula is C18H16Cl2N2O4. The quantitative estimate of drug-likeness (QED) is 0.763. The number of carbonyl (C=O) groups excluding carboxylic acids is 2. The molecule has 3 rings (SSSR count). The number of ether oxygens (including phenoxy) is 2. The molecule has 2 atom stereocenters. The maximum Gasteiger partial charge on any atom is 0.413 e. The molecule has 6 nitrogen and oxygen atoms in total. The molecule has 2 aromatic rings. The van der Waals surface area contributed by atoms with E-state index < -0.39 is 24.1 Å². The van der Waals surface area contributed by atoms with Crippen LogP contribution in [0.15, 0.2) is 42.5 Å². The van der Waals surface area contributed by atoms with Gasteiger partial charge >= 0.3 is 12.1 Å². The van der Waals surface area contributed by atoms with Gasteiger partial charge in [0.05, 0.1) is 13.2 Å². The fourth-order valence-electron chi connectivity index (χ4n) is 2.85. The van der Waals surface area contributed by atoms with Crippen molar-refractivity contribution in [3.63, 3.8) is 0 Å². The lowest BCUT2D eigenvalue weighted by Crippen LogP contribution is -2.42. The Morgan fingerprint density at radius 2 is 1.92 bits per heavy atom. The highest BCUT2D eigenvalue weighted by molar-refractivity contribution is 6.35. The first-order valence-corrected chi connectivity index (χ1v) is 8.60. The zero-order chi connectivity index (χ0) is 18.7. The minimum atomic E-state index is -0.649. The molecule has 136 valence electrons. The summed E-state index contributed by atoms with van der Waals surface area (Å²) in [6.45, 7) is 0. The fraction of sp³-hybridized carbons (Fsp3) is 0.222. The predicted molar refractivity (Wildman–Crippen MR) is 98.8 cm³/mol. The van der Waals surface area contributed by atoms with Crippen molar-refractivity contribution in [3.05, 3.63) is 58.1 Å². The van der Waals surface area contributed by atoms with Crippen LogP contribution in [0.1, 0.15) is 18.0 Å². The maximum absolute atomic E-state index is 12.3. The molecule has 0 radical (unpaired) electrons. The minimum Gasteiger partial charge on any atom is -0.467 e. The summed E-state index contributed by atoms with van der Waals surface area (Å²) < 4.78 is 10.1. The molecule has 0 spiro atoms. The van der Waals surface area contributed by atoms with E-state index >= 15 is 0 Å². The zero-order valence-corrected chi connectivity index (χ0v) is 15.3. The summed E-state index contributed by atoms with van der Waals surface area (Å²) in [6.07, 6.45) is -0.394. The van der Waals surface area contributed by atoms with Crippen LogP contribution in [0.5, 0.6) is 5.75 Å². The second-order valence-electron chi connectivity index (χ2n) is 5.70. The summed E-state index contributed by atoms with van der Waals surface area (Å²) in [5.41, 5.74) is 1.20. The van der Waals surface area contributed by atoms with Crippen LogP contribution < -0.4 is 15.4 Å². The van der Waals surface area contributed by atoms with Crippen LogP contribution in [0.3, 0.4) is 0 Å². The van der Waals surface area contributed by atoms with E-state index in [0.29, 0.717) is 27.0 Å². The molecule has 0 saturated heterocycles. The van der Waals surface area contributed by atoms with Crippen LogP contribution in [-0.2, 0) is 9.53 Å². The van der Waals surface area contributed by atoms with Gasteiger partial charge in [0.25, 0.3) is 0 Å². The Kier molecular flexibility index (Phi) is 5.54. The second kappa shape index (κ2) is 7.85. The van der Waals surface area contributed by atoms with Gasteiger partial charge in [-0.1, -0.05) is 41.4 Å². The number of nitrogens with one attached hydrogen (secondary N) is 2. The molecule has 8 heteroatoms. The van der Waals surface area contributed by atoms with Crippen molar-refractivity contribution < 1.29 is 19.1 Å². The molecule has 0 aromatic heterocycles. The monoisotopic (exact) mass is 394 g/mol. The number of halogens is 2. The van der Waals surface area contributed by atoms with E-state index in [0.717, 1.165) is 0 Å². The molecule has 0 bridgehead atoms. The highest BCUT2D eigenvalue weighted by atomic mass is 35.5. The molecule has 2 N–H and O–H groups in total. The molecule has 26 heavy (non-hydrogen) atoms. The Balaban J connectivity index is 1.85. The average Bonchev–Trinajstić information content (AvgIpc) is 2.60. The summed E-state index contributed by atoms with van der Waals surface area (Å²) in [4.78, 5) is 24.2. The Labute approximate surface area is 160 Å². The molecular weight excluding hydrogens is 379 g/mol. The predicted octanol–water partition coefficient (Wildman–Crippen LogP) is 4.18. The highest BCUT2D eigenvalue weighted by Gasteiger charge is 2.34. The van der Waals surface area contributed by atoms with Crippen LogP contribution >= 0.6 is 23.2 Å². The Bertz CT molecular complexity index is 829. The van der Waals surface area contributed by atoms with Gasteiger partial charge in [0.2, 0.25) is 0 Å². The standard InChI is InChI=1S/C18H16Cl2N2O4/c1-25-17(23)15-9-14(16-12(20)7-10(19)8-13(16)21-15)22-18(24)26-11-5-3-2-4-6-11/h2-8,14-15,21H,9H2,1H3,(H,22,24). The van der Waals surface area contributed by atoms with Gasteiger partial charge in [0.15, 0.2) is 0 Å². The molecule has 1 amide bonds. The summed E-state index contributed by atoms with van der Waals surface area (Å²) in [6, 6.07) is 10.7. The molecule has 1 heterocycles. The van der Waals surface area contributed by atoms with Gasteiger partial charge in [-0.15, -0.1) is 0 Å². The smallest absolute Gasteiger partial charge is 0.413 e.